The number of carboxylic acid groups (broad SMARTS) is 1. The van der Waals surface area contributed by atoms with Crippen molar-refractivity contribution in [2.24, 2.45) is 0 Å². The van der Waals surface area contributed by atoms with Gasteiger partial charge in [-0.2, -0.15) is 0 Å². The van der Waals surface area contributed by atoms with E-state index in [0.717, 1.165) is 5.82 Å². The Hall–Kier alpha value is -3.49. The Morgan fingerprint density at radius 3 is 2.50 bits per heavy atom. The van der Waals surface area contributed by atoms with E-state index in [9.17, 15) is 9.59 Å². The number of ether oxygens (including phenoxy) is 1. The molecule has 0 bridgehead atoms. The number of anilines is 3. The summed E-state index contributed by atoms with van der Waals surface area (Å²) in [5.41, 5.74) is 1.19. The van der Waals surface area contributed by atoms with Crippen LogP contribution in [0.2, 0.25) is 0 Å². The van der Waals surface area contributed by atoms with Gasteiger partial charge in [-0.15, -0.1) is 0 Å². The first-order valence-corrected chi connectivity index (χ1v) is 9.05. The number of nitrogens with zero attached hydrogens (tertiary/aromatic N) is 3. The van der Waals surface area contributed by atoms with E-state index in [1.165, 1.54) is 4.90 Å². The number of hydrogen-bond donors (Lipinski definition) is 3. The minimum absolute atomic E-state index is 0.377. The number of carbonyl (C=O) groups is 2. The molecule has 0 atom stereocenters. The third kappa shape index (κ3) is 5.03. The van der Waals surface area contributed by atoms with Crippen LogP contribution >= 0.6 is 0 Å². The van der Waals surface area contributed by atoms with E-state index in [1.807, 2.05) is 24.0 Å². The van der Waals surface area contributed by atoms with Crippen molar-refractivity contribution in [3.8, 4) is 5.75 Å². The highest BCUT2D eigenvalue weighted by atomic mass is 16.5. The van der Waals surface area contributed by atoms with Crippen molar-refractivity contribution in [1.82, 2.24) is 9.88 Å². The number of urea groups is 1. The molecule has 0 unspecified atom stereocenters. The molecule has 3 rings (SSSR count). The Kier molecular flexibility index (Phi) is 6.15. The summed E-state index contributed by atoms with van der Waals surface area (Å²) in [6.07, 6.45) is 0.680. The monoisotopic (exact) mass is 385 g/mol. The van der Waals surface area contributed by atoms with Gasteiger partial charge >= 0.3 is 12.1 Å². The molecule has 3 amide bonds. The molecule has 0 spiro atoms. The lowest BCUT2D eigenvalue weighted by atomic mass is 10.3. The van der Waals surface area contributed by atoms with Crippen LogP contribution in [0.3, 0.4) is 0 Å². The van der Waals surface area contributed by atoms with Gasteiger partial charge in [0.2, 0.25) is 0 Å². The minimum Gasteiger partial charge on any atom is -0.494 e. The standard InChI is InChI=1S/C19H23N5O4/c1-2-28-16-5-3-4-14(12-16)21-18(25)22-15-6-7-17(20-13-15)23-8-10-24(11-9-23)19(26)27/h3-7,12-13H,2,8-11H2,1H3,(H,26,27)(H2,21,22,25). The second-order valence-corrected chi connectivity index (χ2v) is 6.20. The van der Waals surface area contributed by atoms with Crippen molar-refractivity contribution in [1.29, 1.82) is 0 Å². The van der Waals surface area contributed by atoms with Crippen LogP contribution in [0.5, 0.6) is 5.75 Å². The maximum atomic E-state index is 12.2. The maximum absolute atomic E-state index is 12.2. The van der Waals surface area contributed by atoms with Crippen LogP contribution in [0.15, 0.2) is 42.6 Å². The Morgan fingerprint density at radius 2 is 1.86 bits per heavy atom. The highest BCUT2D eigenvalue weighted by Crippen LogP contribution is 2.19. The number of benzene rings is 1. The highest BCUT2D eigenvalue weighted by molar-refractivity contribution is 5.99. The first-order valence-electron chi connectivity index (χ1n) is 9.05. The normalized spacial score (nSPS) is 13.8. The summed E-state index contributed by atoms with van der Waals surface area (Å²) in [6.45, 7) is 4.51. The molecule has 9 heteroatoms. The Bertz CT molecular complexity index is 819. The van der Waals surface area contributed by atoms with Crippen LogP contribution in [-0.2, 0) is 0 Å². The number of carbonyl (C=O) groups excluding carboxylic acids is 1. The topological polar surface area (TPSA) is 107 Å². The van der Waals surface area contributed by atoms with Gasteiger partial charge in [-0.05, 0) is 31.2 Å². The van der Waals surface area contributed by atoms with Gasteiger partial charge in [-0.25, -0.2) is 14.6 Å². The molecular weight excluding hydrogens is 362 g/mol. The predicted octanol–water partition coefficient (Wildman–Crippen LogP) is 2.92. The number of hydrogen-bond acceptors (Lipinski definition) is 5. The van der Waals surface area contributed by atoms with Gasteiger partial charge in [-0.3, -0.25) is 0 Å². The summed E-state index contributed by atoms with van der Waals surface area (Å²) in [5, 5.41) is 14.5. The molecule has 0 radical (unpaired) electrons. The van der Waals surface area contributed by atoms with E-state index < -0.39 is 6.09 Å². The first-order chi connectivity index (χ1) is 13.5. The number of piperazine rings is 1. The van der Waals surface area contributed by atoms with Gasteiger partial charge in [0, 0.05) is 37.9 Å². The number of amides is 3. The summed E-state index contributed by atoms with van der Waals surface area (Å²) < 4.78 is 5.41. The molecule has 2 aromatic rings. The number of pyridine rings is 1. The average Bonchev–Trinajstić information content (AvgIpc) is 2.69. The highest BCUT2D eigenvalue weighted by Gasteiger charge is 2.21. The van der Waals surface area contributed by atoms with Crippen molar-refractivity contribution < 1.29 is 19.4 Å². The molecule has 1 fully saturated rings. The number of nitrogens with one attached hydrogen (secondary N) is 2. The summed E-state index contributed by atoms with van der Waals surface area (Å²) >= 11 is 0. The van der Waals surface area contributed by atoms with Gasteiger partial charge in [0.15, 0.2) is 0 Å². The van der Waals surface area contributed by atoms with Crippen LogP contribution in [0.1, 0.15) is 6.92 Å². The van der Waals surface area contributed by atoms with Gasteiger partial charge < -0.3 is 30.3 Å². The first kappa shape index (κ1) is 19.3. The van der Waals surface area contributed by atoms with Gasteiger partial charge in [0.25, 0.3) is 0 Å². The lowest BCUT2D eigenvalue weighted by Gasteiger charge is -2.33. The maximum Gasteiger partial charge on any atom is 0.407 e. The third-order valence-electron chi connectivity index (χ3n) is 4.28. The smallest absolute Gasteiger partial charge is 0.407 e. The molecule has 0 aliphatic carbocycles. The Labute approximate surface area is 162 Å². The molecule has 1 aliphatic rings. The molecule has 0 saturated carbocycles. The van der Waals surface area contributed by atoms with Crippen LogP contribution in [0.25, 0.3) is 0 Å². The van der Waals surface area contributed by atoms with Crippen LogP contribution in [-0.4, -0.2) is 59.9 Å². The summed E-state index contributed by atoms with van der Waals surface area (Å²) in [5.74, 6) is 1.44. The molecule has 28 heavy (non-hydrogen) atoms. The fourth-order valence-corrected chi connectivity index (χ4v) is 2.90. The second kappa shape index (κ2) is 8.94. The van der Waals surface area contributed by atoms with E-state index in [-0.39, 0.29) is 6.03 Å². The molecule has 1 aromatic carbocycles. The van der Waals surface area contributed by atoms with Crippen molar-refractivity contribution in [2.75, 3.05) is 48.3 Å². The van der Waals surface area contributed by atoms with Gasteiger partial charge in [-0.1, -0.05) is 6.07 Å². The van der Waals surface area contributed by atoms with E-state index in [0.29, 0.717) is 49.9 Å². The largest absolute Gasteiger partial charge is 0.494 e. The summed E-state index contributed by atoms with van der Waals surface area (Å²) in [7, 11) is 0. The molecule has 2 heterocycles. The van der Waals surface area contributed by atoms with Crippen LogP contribution in [0.4, 0.5) is 26.8 Å². The number of rotatable bonds is 5. The zero-order chi connectivity index (χ0) is 19.9. The Balaban J connectivity index is 1.53. The second-order valence-electron chi connectivity index (χ2n) is 6.20. The SMILES string of the molecule is CCOc1cccc(NC(=O)Nc2ccc(N3CCN(C(=O)O)CC3)nc2)c1. The van der Waals surface area contributed by atoms with E-state index in [2.05, 4.69) is 15.6 Å². The molecule has 148 valence electrons. The quantitative estimate of drug-likeness (QED) is 0.731. The van der Waals surface area contributed by atoms with Gasteiger partial charge in [0.05, 0.1) is 18.5 Å². The van der Waals surface area contributed by atoms with Crippen LogP contribution < -0.4 is 20.3 Å². The molecule has 9 nitrogen and oxygen atoms in total. The molecule has 1 aliphatic heterocycles. The molecular formula is C19H23N5O4. The zero-order valence-corrected chi connectivity index (χ0v) is 15.6. The fourth-order valence-electron chi connectivity index (χ4n) is 2.90. The average molecular weight is 385 g/mol. The fraction of sp³-hybridized carbons (Fsp3) is 0.316. The lowest BCUT2D eigenvalue weighted by Crippen LogP contribution is -2.48. The lowest BCUT2D eigenvalue weighted by molar-refractivity contribution is 0.142. The van der Waals surface area contributed by atoms with E-state index >= 15 is 0 Å². The molecule has 1 saturated heterocycles. The van der Waals surface area contributed by atoms with Crippen molar-refractivity contribution in [2.45, 2.75) is 6.92 Å². The molecule has 1 aromatic heterocycles. The minimum atomic E-state index is -0.898. The van der Waals surface area contributed by atoms with Crippen molar-refractivity contribution >= 4 is 29.3 Å². The van der Waals surface area contributed by atoms with Crippen LogP contribution in [0, 0.1) is 0 Å². The van der Waals surface area contributed by atoms with Crippen molar-refractivity contribution in [3.05, 3.63) is 42.6 Å². The van der Waals surface area contributed by atoms with Gasteiger partial charge in [0.1, 0.15) is 11.6 Å². The van der Waals surface area contributed by atoms with E-state index in [4.69, 9.17) is 9.84 Å². The summed E-state index contributed by atoms with van der Waals surface area (Å²) in [4.78, 5) is 30.9. The summed E-state index contributed by atoms with van der Waals surface area (Å²) in [6, 6.07) is 10.4. The van der Waals surface area contributed by atoms with E-state index in [1.54, 1.807) is 30.5 Å². The molecule has 3 N–H and O–H groups in total. The number of aromatic nitrogens is 1. The van der Waals surface area contributed by atoms with Crippen molar-refractivity contribution in [3.63, 3.8) is 0 Å². The third-order valence-corrected chi connectivity index (χ3v) is 4.28. The zero-order valence-electron chi connectivity index (χ0n) is 15.6. The Morgan fingerprint density at radius 1 is 1.11 bits per heavy atom. The predicted molar refractivity (Wildman–Crippen MR) is 106 cm³/mol.